The number of hydrogen-bond acceptors (Lipinski definition) is 4. The number of rotatable bonds is 6. The number of aromatic nitrogens is 4. The van der Waals surface area contributed by atoms with Gasteiger partial charge in [0, 0.05) is 30.6 Å². The highest BCUT2D eigenvalue weighted by molar-refractivity contribution is 6.30. The van der Waals surface area contributed by atoms with E-state index in [1.807, 2.05) is 53.4 Å². The third-order valence-electron chi connectivity index (χ3n) is 4.53. The number of ether oxygens (including phenoxy) is 1. The first-order valence-corrected chi connectivity index (χ1v) is 9.29. The van der Waals surface area contributed by atoms with Crippen molar-refractivity contribution in [2.24, 2.45) is 0 Å². The zero-order valence-electron chi connectivity index (χ0n) is 14.7. The summed E-state index contributed by atoms with van der Waals surface area (Å²) in [5.41, 5.74) is 1.31. The van der Waals surface area contributed by atoms with Gasteiger partial charge in [-0.15, -0.1) is 5.10 Å². The summed E-state index contributed by atoms with van der Waals surface area (Å²) in [5.74, 6) is 0.372. The Labute approximate surface area is 161 Å². The summed E-state index contributed by atoms with van der Waals surface area (Å²) in [4.78, 5) is 12.7. The number of carbonyl (C=O) groups is 1. The van der Waals surface area contributed by atoms with Crippen LogP contribution in [0.15, 0.2) is 48.8 Å². The van der Waals surface area contributed by atoms with Crippen molar-refractivity contribution in [3.05, 3.63) is 65.1 Å². The highest BCUT2D eigenvalue weighted by atomic mass is 35.5. The van der Waals surface area contributed by atoms with Crippen LogP contribution in [0.5, 0.6) is 0 Å². The minimum Gasteiger partial charge on any atom is -0.376 e. The van der Waals surface area contributed by atoms with Crippen LogP contribution in [-0.2, 0) is 11.3 Å². The molecule has 0 bridgehead atoms. The van der Waals surface area contributed by atoms with Gasteiger partial charge in [-0.25, -0.2) is 4.68 Å². The minimum atomic E-state index is -0.253. The van der Waals surface area contributed by atoms with E-state index in [4.69, 9.17) is 16.3 Å². The van der Waals surface area contributed by atoms with Crippen LogP contribution in [0.3, 0.4) is 0 Å². The largest absolute Gasteiger partial charge is 0.376 e. The normalized spacial score (nSPS) is 16.6. The van der Waals surface area contributed by atoms with Gasteiger partial charge in [0.25, 0.3) is 5.91 Å². The van der Waals surface area contributed by atoms with Crippen molar-refractivity contribution in [2.45, 2.75) is 25.5 Å². The quantitative estimate of drug-likeness (QED) is 0.708. The van der Waals surface area contributed by atoms with Crippen LogP contribution in [0.4, 0.5) is 0 Å². The SMILES string of the molecule is O=C(NCC1CCCO1)c1nnn(Cc2ccc(Cl)cc2)c1-n1cccc1. The molecule has 1 aliphatic rings. The van der Waals surface area contributed by atoms with Gasteiger partial charge in [0.05, 0.1) is 12.6 Å². The Hall–Kier alpha value is -2.64. The molecule has 27 heavy (non-hydrogen) atoms. The highest BCUT2D eigenvalue weighted by Crippen LogP contribution is 2.17. The zero-order chi connectivity index (χ0) is 18.6. The maximum atomic E-state index is 12.7. The van der Waals surface area contributed by atoms with E-state index in [9.17, 15) is 4.79 Å². The van der Waals surface area contributed by atoms with Crippen molar-refractivity contribution in [3.63, 3.8) is 0 Å². The molecule has 2 aromatic heterocycles. The molecule has 140 valence electrons. The van der Waals surface area contributed by atoms with Crippen LogP contribution in [0.25, 0.3) is 5.82 Å². The Morgan fingerprint density at radius 1 is 1.26 bits per heavy atom. The highest BCUT2D eigenvalue weighted by Gasteiger charge is 2.23. The molecular formula is C19H20ClN5O2. The summed E-state index contributed by atoms with van der Waals surface area (Å²) in [6.45, 7) is 1.72. The summed E-state index contributed by atoms with van der Waals surface area (Å²) < 4.78 is 9.12. The van der Waals surface area contributed by atoms with E-state index < -0.39 is 0 Å². The van der Waals surface area contributed by atoms with E-state index in [1.165, 1.54) is 0 Å². The molecule has 0 spiro atoms. The van der Waals surface area contributed by atoms with Gasteiger partial charge in [-0.2, -0.15) is 0 Å². The first-order valence-electron chi connectivity index (χ1n) is 8.92. The predicted molar refractivity (Wildman–Crippen MR) is 101 cm³/mol. The minimum absolute atomic E-state index is 0.0769. The van der Waals surface area contributed by atoms with E-state index in [2.05, 4.69) is 15.6 Å². The van der Waals surface area contributed by atoms with E-state index in [0.29, 0.717) is 23.9 Å². The number of amides is 1. The van der Waals surface area contributed by atoms with Gasteiger partial charge in [0.15, 0.2) is 11.5 Å². The van der Waals surface area contributed by atoms with Crippen molar-refractivity contribution in [3.8, 4) is 5.82 Å². The third kappa shape index (κ3) is 4.04. The molecular weight excluding hydrogens is 366 g/mol. The van der Waals surface area contributed by atoms with Crippen molar-refractivity contribution in [2.75, 3.05) is 13.2 Å². The van der Waals surface area contributed by atoms with E-state index in [1.54, 1.807) is 4.68 Å². The van der Waals surface area contributed by atoms with Gasteiger partial charge < -0.3 is 14.6 Å². The molecule has 4 rings (SSSR count). The number of carbonyl (C=O) groups excluding carboxylic acids is 1. The molecule has 1 aliphatic heterocycles. The lowest BCUT2D eigenvalue weighted by Crippen LogP contribution is -2.32. The first-order chi connectivity index (χ1) is 13.2. The number of benzene rings is 1. The van der Waals surface area contributed by atoms with E-state index >= 15 is 0 Å². The number of hydrogen-bond donors (Lipinski definition) is 1. The summed E-state index contributed by atoms with van der Waals surface area (Å²) >= 11 is 5.96. The molecule has 1 aromatic carbocycles. The molecule has 1 atom stereocenters. The fourth-order valence-electron chi connectivity index (χ4n) is 3.15. The lowest BCUT2D eigenvalue weighted by Gasteiger charge is -2.12. The number of nitrogens with zero attached hydrogens (tertiary/aromatic N) is 4. The van der Waals surface area contributed by atoms with E-state index in [-0.39, 0.29) is 17.7 Å². The Balaban J connectivity index is 1.58. The molecule has 7 nitrogen and oxygen atoms in total. The molecule has 0 aliphatic carbocycles. The number of halogens is 1. The van der Waals surface area contributed by atoms with Gasteiger partial charge in [-0.1, -0.05) is 28.9 Å². The van der Waals surface area contributed by atoms with Gasteiger partial charge in [-0.3, -0.25) is 4.79 Å². The average Bonchev–Trinajstić information content (AvgIpc) is 3.43. The molecule has 3 heterocycles. The fraction of sp³-hybridized carbons (Fsp3) is 0.316. The van der Waals surface area contributed by atoms with Crippen molar-refractivity contribution in [1.82, 2.24) is 24.9 Å². The monoisotopic (exact) mass is 385 g/mol. The van der Waals surface area contributed by atoms with Crippen molar-refractivity contribution < 1.29 is 9.53 Å². The molecule has 1 N–H and O–H groups in total. The number of nitrogens with one attached hydrogen (secondary N) is 1. The second-order valence-corrected chi connectivity index (χ2v) is 6.92. The Morgan fingerprint density at radius 2 is 2.04 bits per heavy atom. The lowest BCUT2D eigenvalue weighted by molar-refractivity contribution is 0.0853. The maximum absolute atomic E-state index is 12.7. The average molecular weight is 386 g/mol. The van der Waals surface area contributed by atoms with Gasteiger partial charge in [0.1, 0.15) is 0 Å². The summed E-state index contributed by atoms with van der Waals surface area (Å²) in [6, 6.07) is 11.3. The predicted octanol–water partition coefficient (Wildman–Crippen LogP) is 2.68. The molecule has 0 radical (unpaired) electrons. The molecule has 8 heteroatoms. The molecule has 3 aromatic rings. The molecule has 1 amide bonds. The topological polar surface area (TPSA) is 74.0 Å². The van der Waals surface area contributed by atoms with Crippen LogP contribution in [-0.4, -0.2) is 44.7 Å². The summed E-state index contributed by atoms with van der Waals surface area (Å²) in [5, 5.41) is 12.0. The second-order valence-electron chi connectivity index (χ2n) is 6.48. The summed E-state index contributed by atoms with van der Waals surface area (Å²) in [7, 11) is 0. The molecule has 1 saturated heterocycles. The summed E-state index contributed by atoms with van der Waals surface area (Å²) in [6.07, 6.45) is 5.82. The smallest absolute Gasteiger partial charge is 0.275 e. The van der Waals surface area contributed by atoms with Crippen LogP contribution in [0, 0.1) is 0 Å². The third-order valence-corrected chi connectivity index (χ3v) is 4.78. The van der Waals surface area contributed by atoms with Crippen molar-refractivity contribution in [1.29, 1.82) is 0 Å². The zero-order valence-corrected chi connectivity index (χ0v) is 15.5. The molecule has 1 unspecified atom stereocenters. The second kappa shape index (κ2) is 7.94. The van der Waals surface area contributed by atoms with Gasteiger partial charge >= 0.3 is 0 Å². The molecule has 0 saturated carbocycles. The van der Waals surface area contributed by atoms with Crippen LogP contribution >= 0.6 is 11.6 Å². The standard InChI is InChI=1S/C19H20ClN5O2/c20-15-7-5-14(6-8-15)13-25-19(24-9-1-2-10-24)17(22-23-25)18(26)21-12-16-4-3-11-27-16/h1-2,5-10,16H,3-4,11-13H2,(H,21,26). The van der Waals surface area contributed by atoms with Gasteiger partial charge in [-0.05, 0) is 42.7 Å². The van der Waals surface area contributed by atoms with Crippen LogP contribution < -0.4 is 5.32 Å². The maximum Gasteiger partial charge on any atom is 0.275 e. The lowest BCUT2D eigenvalue weighted by atomic mass is 10.2. The Kier molecular flexibility index (Phi) is 5.22. The van der Waals surface area contributed by atoms with Crippen LogP contribution in [0.1, 0.15) is 28.9 Å². The first kappa shape index (κ1) is 17.8. The fourth-order valence-corrected chi connectivity index (χ4v) is 3.28. The Morgan fingerprint density at radius 3 is 2.74 bits per heavy atom. The molecule has 1 fully saturated rings. The Bertz CT molecular complexity index is 899. The van der Waals surface area contributed by atoms with E-state index in [0.717, 1.165) is 25.0 Å². The van der Waals surface area contributed by atoms with Gasteiger partial charge in [0.2, 0.25) is 0 Å². The van der Waals surface area contributed by atoms with Crippen molar-refractivity contribution >= 4 is 17.5 Å². The van der Waals surface area contributed by atoms with Crippen LogP contribution in [0.2, 0.25) is 5.02 Å².